The van der Waals surface area contributed by atoms with Gasteiger partial charge in [0.05, 0.1) is 16.7 Å². The van der Waals surface area contributed by atoms with Gasteiger partial charge in [-0.3, -0.25) is 0 Å². The third-order valence-corrected chi connectivity index (χ3v) is 4.62. The largest absolute Gasteiger partial charge is 0.417 e. The van der Waals surface area contributed by atoms with Crippen LogP contribution in [0.4, 0.5) is 50.9 Å². The SMILES string of the molecule is Nc1ccc(-c2ccc(-c3ccc(N)cc3C(F)(F)F)c(C(F)(F)F)c2)c(C(F)(F)F)c1. The van der Waals surface area contributed by atoms with Gasteiger partial charge in [-0.15, -0.1) is 0 Å². The summed E-state index contributed by atoms with van der Waals surface area (Å²) >= 11 is 0. The van der Waals surface area contributed by atoms with Crippen molar-refractivity contribution in [3.8, 4) is 22.3 Å². The van der Waals surface area contributed by atoms with E-state index in [4.69, 9.17) is 11.5 Å². The summed E-state index contributed by atoms with van der Waals surface area (Å²) in [6.45, 7) is 0. The Bertz CT molecular complexity index is 1160. The zero-order chi connectivity index (χ0) is 24.1. The Morgan fingerprint density at radius 3 is 1.22 bits per heavy atom. The molecule has 0 aliphatic carbocycles. The van der Waals surface area contributed by atoms with E-state index in [0.29, 0.717) is 24.3 Å². The van der Waals surface area contributed by atoms with Gasteiger partial charge < -0.3 is 11.5 Å². The van der Waals surface area contributed by atoms with Gasteiger partial charge in [0, 0.05) is 11.4 Å². The van der Waals surface area contributed by atoms with Crippen LogP contribution < -0.4 is 11.5 Å². The minimum Gasteiger partial charge on any atom is -0.399 e. The van der Waals surface area contributed by atoms with Crippen LogP contribution in [-0.4, -0.2) is 0 Å². The van der Waals surface area contributed by atoms with E-state index in [1.54, 1.807) is 0 Å². The summed E-state index contributed by atoms with van der Waals surface area (Å²) in [4.78, 5) is 0. The number of halogens is 9. The van der Waals surface area contributed by atoms with Crippen LogP contribution in [0.25, 0.3) is 22.3 Å². The number of hydrogen-bond donors (Lipinski definition) is 2. The molecule has 170 valence electrons. The van der Waals surface area contributed by atoms with Crippen LogP contribution in [0.5, 0.6) is 0 Å². The van der Waals surface area contributed by atoms with Crippen LogP contribution in [0.15, 0.2) is 54.6 Å². The molecule has 0 heterocycles. The Morgan fingerprint density at radius 1 is 0.438 bits per heavy atom. The molecule has 2 nitrogen and oxygen atoms in total. The molecular formula is C21H13F9N2. The minimum absolute atomic E-state index is 0.259. The first-order chi connectivity index (χ1) is 14.6. The van der Waals surface area contributed by atoms with Crippen LogP contribution in [-0.2, 0) is 18.5 Å². The number of nitrogen functional groups attached to an aromatic ring is 2. The van der Waals surface area contributed by atoms with Gasteiger partial charge in [-0.25, -0.2) is 0 Å². The molecule has 3 aromatic rings. The molecule has 0 atom stereocenters. The first-order valence-electron chi connectivity index (χ1n) is 8.74. The first kappa shape index (κ1) is 23.3. The Kier molecular flexibility index (Phi) is 5.56. The predicted octanol–water partition coefficient (Wildman–Crippen LogP) is 7.24. The average Bonchev–Trinajstić information content (AvgIpc) is 2.65. The topological polar surface area (TPSA) is 52.0 Å². The Labute approximate surface area is 175 Å². The second kappa shape index (κ2) is 7.64. The van der Waals surface area contributed by atoms with E-state index in [0.717, 1.165) is 30.3 Å². The molecule has 0 bridgehead atoms. The monoisotopic (exact) mass is 464 g/mol. The van der Waals surface area contributed by atoms with E-state index < -0.39 is 57.5 Å². The molecule has 32 heavy (non-hydrogen) atoms. The molecule has 0 unspecified atom stereocenters. The van der Waals surface area contributed by atoms with E-state index >= 15 is 0 Å². The van der Waals surface area contributed by atoms with Crippen LogP contribution in [0.1, 0.15) is 16.7 Å². The van der Waals surface area contributed by atoms with Crippen molar-refractivity contribution in [2.75, 3.05) is 11.5 Å². The molecule has 0 radical (unpaired) electrons. The number of rotatable bonds is 2. The van der Waals surface area contributed by atoms with Crippen molar-refractivity contribution >= 4 is 11.4 Å². The van der Waals surface area contributed by atoms with Crippen molar-refractivity contribution in [2.24, 2.45) is 0 Å². The summed E-state index contributed by atoms with van der Waals surface area (Å²) in [6.07, 6.45) is -15.1. The number of hydrogen-bond acceptors (Lipinski definition) is 2. The highest BCUT2D eigenvalue weighted by Gasteiger charge is 2.39. The van der Waals surface area contributed by atoms with Gasteiger partial charge in [0.2, 0.25) is 0 Å². The molecule has 11 heteroatoms. The summed E-state index contributed by atoms with van der Waals surface area (Å²) in [7, 11) is 0. The number of alkyl halides is 9. The second-order valence-corrected chi connectivity index (χ2v) is 6.86. The lowest BCUT2D eigenvalue weighted by Gasteiger charge is -2.20. The molecule has 0 aliphatic heterocycles. The van der Waals surface area contributed by atoms with Gasteiger partial charge in [0.15, 0.2) is 0 Å². The maximum atomic E-state index is 13.8. The second-order valence-electron chi connectivity index (χ2n) is 6.86. The van der Waals surface area contributed by atoms with Gasteiger partial charge in [0.25, 0.3) is 0 Å². The molecule has 0 amide bonds. The molecule has 3 aromatic carbocycles. The molecule has 0 saturated carbocycles. The molecule has 4 N–H and O–H groups in total. The van der Waals surface area contributed by atoms with Gasteiger partial charge in [-0.05, 0) is 52.6 Å². The van der Waals surface area contributed by atoms with Crippen LogP contribution >= 0.6 is 0 Å². The molecule has 0 saturated heterocycles. The van der Waals surface area contributed by atoms with E-state index in [-0.39, 0.29) is 11.4 Å². The summed E-state index contributed by atoms with van der Waals surface area (Å²) in [5.41, 5.74) is 3.20. The fraction of sp³-hybridized carbons (Fsp3) is 0.143. The maximum absolute atomic E-state index is 13.8. The van der Waals surface area contributed by atoms with E-state index in [2.05, 4.69) is 0 Å². The van der Waals surface area contributed by atoms with E-state index in [1.807, 2.05) is 0 Å². The average molecular weight is 464 g/mol. The lowest BCUT2D eigenvalue weighted by Crippen LogP contribution is -2.12. The molecule has 0 aliphatic rings. The highest BCUT2D eigenvalue weighted by Crippen LogP contribution is 2.46. The maximum Gasteiger partial charge on any atom is 0.417 e. The predicted molar refractivity (Wildman–Crippen MR) is 101 cm³/mol. The van der Waals surface area contributed by atoms with Crippen molar-refractivity contribution in [1.82, 2.24) is 0 Å². The van der Waals surface area contributed by atoms with Crippen LogP contribution in [0, 0.1) is 0 Å². The van der Waals surface area contributed by atoms with Crippen LogP contribution in [0.2, 0.25) is 0 Å². The van der Waals surface area contributed by atoms with Crippen molar-refractivity contribution in [3.05, 3.63) is 71.3 Å². The standard InChI is InChI=1S/C21H13F9N2/c22-19(23,24)16-7-10(13-5-2-11(31)8-17(13)20(25,26)27)1-4-14(16)15-6-3-12(32)9-18(15)21(28,29)30/h1-9H,31-32H2. The van der Waals surface area contributed by atoms with Crippen molar-refractivity contribution in [2.45, 2.75) is 18.5 Å². The third kappa shape index (κ3) is 4.61. The van der Waals surface area contributed by atoms with Crippen molar-refractivity contribution < 1.29 is 39.5 Å². The van der Waals surface area contributed by atoms with Gasteiger partial charge in [-0.1, -0.05) is 24.3 Å². The summed E-state index contributed by atoms with van der Waals surface area (Å²) in [5, 5.41) is 0. The molecule has 0 fully saturated rings. The summed E-state index contributed by atoms with van der Waals surface area (Å²) in [5.74, 6) is 0. The van der Waals surface area contributed by atoms with Gasteiger partial charge in [-0.2, -0.15) is 39.5 Å². The zero-order valence-electron chi connectivity index (χ0n) is 15.8. The lowest BCUT2D eigenvalue weighted by molar-refractivity contribution is -0.139. The number of anilines is 2. The first-order valence-corrected chi connectivity index (χ1v) is 8.74. The quantitative estimate of drug-likeness (QED) is 0.310. The normalized spacial score (nSPS) is 12.8. The highest BCUT2D eigenvalue weighted by atomic mass is 19.4. The fourth-order valence-electron chi connectivity index (χ4n) is 3.26. The minimum atomic E-state index is -5.16. The Balaban J connectivity index is 2.31. The number of nitrogens with two attached hydrogens (primary N) is 2. The summed E-state index contributed by atoms with van der Waals surface area (Å²) in [6, 6.07) is 6.80. The van der Waals surface area contributed by atoms with Crippen LogP contribution in [0.3, 0.4) is 0 Å². The lowest BCUT2D eigenvalue weighted by atomic mass is 9.90. The molecule has 3 rings (SSSR count). The smallest absolute Gasteiger partial charge is 0.399 e. The van der Waals surface area contributed by atoms with Gasteiger partial charge >= 0.3 is 18.5 Å². The van der Waals surface area contributed by atoms with Crippen molar-refractivity contribution in [3.63, 3.8) is 0 Å². The van der Waals surface area contributed by atoms with E-state index in [9.17, 15) is 39.5 Å². The van der Waals surface area contributed by atoms with Gasteiger partial charge in [0.1, 0.15) is 0 Å². The molecular weight excluding hydrogens is 451 g/mol. The third-order valence-electron chi connectivity index (χ3n) is 4.62. The highest BCUT2D eigenvalue weighted by molar-refractivity contribution is 5.79. The number of benzene rings is 3. The molecule has 0 spiro atoms. The fourth-order valence-corrected chi connectivity index (χ4v) is 3.26. The van der Waals surface area contributed by atoms with E-state index in [1.165, 1.54) is 0 Å². The van der Waals surface area contributed by atoms with Crippen molar-refractivity contribution in [1.29, 1.82) is 0 Å². The summed E-state index contributed by atoms with van der Waals surface area (Å²) < 4.78 is 122. The zero-order valence-corrected chi connectivity index (χ0v) is 15.8. The Morgan fingerprint density at radius 2 is 0.781 bits per heavy atom. The molecule has 0 aromatic heterocycles. The Hall–Kier alpha value is -3.37.